The fraction of sp³-hybridized carbons (Fsp3) is 0.952. The second-order valence-corrected chi connectivity index (χ2v) is 33.5. The Hall–Kier alpha value is -1.94. The highest BCUT2D eigenvalue weighted by Crippen LogP contribution is 2.45. The average Bonchev–Trinajstić information content (AvgIpc) is 0.917. The lowest BCUT2D eigenvalue weighted by atomic mass is 10.00. The summed E-state index contributed by atoms with van der Waals surface area (Å²) in [5.74, 6) is -0.643. The van der Waals surface area contributed by atoms with Gasteiger partial charge in [0.1, 0.15) is 19.3 Å². The van der Waals surface area contributed by atoms with E-state index in [1.54, 1.807) is 0 Å². The third kappa shape index (κ3) is 74.9. The Bertz CT molecular complexity index is 1960. The van der Waals surface area contributed by atoms with Gasteiger partial charge in [-0.2, -0.15) is 0 Å². The van der Waals surface area contributed by atoms with Crippen LogP contribution < -0.4 is 0 Å². The predicted octanol–water partition coefficient (Wildman–Crippen LogP) is 25.1. The smallest absolute Gasteiger partial charge is 0.462 e. The summed E-state index contributed by atoms with van der Waals surface area (Å²) >= 11 is 0. The fourth-order valence-electron chi connectivity index (χ4n) is 12.9. The molecule has 0 aliphatic rings. The molecule has 19 heteroatoms. The normalized spacial score (nSPS) is 14.1. The first-order chi connectivity index (χ1) is 49.4. The number of esters is 4. The van der Waals surface area contributed by atoms with Gasteiger partial charge in [0.15, 0.2) is 12.2 Å². The van der Waals surface area contributed by atoms with Gasteiger partial charge in [0.25, 0.3) is 0 Å². The zero-order chi connectivity index (χ0) is 74.9. The number of ether oxygens (including phenoxy) is 4. The van der Waals surface area contributed by atoms with Gasteiger partial charge in [-0.05, 0) is 37.5 Å². The molecule has 6 atom stereocenters. The number of carbonyl (C=O) groups excluding carboxylic acids is 4. The number of aliphatic hydroxyl groups excluding tert-OH is 1. The van der Waals surface area contributed by atoms with E-state index in [0.717, 1.165) is 108 Å². The molecule has 3 N–H and O–H groups in total. The molecular formula is C83H162O17P2. The third-order valence-electron chi connectivity index (χ3n) is 19.8. The summed E-state index contributed by atoms with van der Waals surface area (Å²) < 4.78 is 68.7. The molecule has 0 saturated carbocycles. The van der Waals surface area contributed by atoms with Gasteiger partial charge in [-0.25, -0.2) is 9.13 Å². The highest BCUT2D eigenvalue weighted by atomic mass is 31.2. The first kappa shape index (κ1) is 100. The lowest BCUT2D eigenvalue weighted by Gasteiger charge is -2.21. The molecule has 102 heavy (non-hydrogen) atoms. The Morgan fingerprint density at radius 1 is 0.284 bits per heavy atom. The summed E-state index contributed by atoms with van der Waals surface area (Å²) in [4.78, 5) is 73.0. The van der Waals surface area contributed by atoms with Gasteiger partial charge in [0.05, 0.1) is 26.4 Å². The van der Waals surface area contributed by atoms with Crippen molar-refractivity contribution in [3.05, 3.63) is 0 Å². The quantitative estimate of drug-likeness (QED) is 0.0222. The topological polar surface area (TPSA) is 237 Å². The number of carbonyl (C=O) groups is 4. The van der Waals surface area contributed by atoms with Crippen LogP contribution in [0.2, 0.25) is 0 Å². The Kier molecular flexibility index (Phi) is 73.1. The average molecular weight is 1490 g/mol. The summed E-state index contributed by atoms with van der Waals surface area (Å²) in [7, 11) is -9.92. The minimum absolute atomic E-state index is 0.105. The zero-order valence-electron chi connectivity index (χ0n) is 66.9. The summed E-state index contributed by atoms with van der Waals surface area (Å²) in [6.45, 7) is 9.57. The van der Waals surface area contributed by atoms with E-state index in [1.165, 1.54) is 250 Å². The molecule has 0 amide bonds. The third-order valence-corrected chi connectivity index (χ3v) is 21.7. The standard InChI is InChI=1S/C83H162O17P2/c1-7-10-12-14-16-18-20-22-24-26-28-29-31-33-35-37-39-43-47-55-61-67-82(87)99-78(71-93-80(85)65-59-53-46-42-38-36-34-32-30-27-25-23-21-19-17-15-13-11-8-2)73-97-101(89,90)95-69-77(84)70-96-102(91,92)98-74-79(72-94-81(86)66-60-54-50-49-52-58-64-76(6)9-3)100-83(88)68-62-56-48-44-40-41-45-51-57-63-75(4)5/h75-79,84H,7-74H2,1-6H3,(H,89,90)(H,91,92)/t76?,77-,78-,79-/m1/s1. The number of aliphatic hydroxyl groups is 1. The van der Waals surface area contributed by atoms with Gasteiger partial charge < -0.3 is 33.8 Å². The van der Waals surface area contributed by atoms with E-state index in [1.807, 2.05) is 0 Å². The number of unbranched alkanes of at least 4 members (excludes halogenated alkanes) is 51. The van der Waals surface area contributed by atoms with E-state index < -0.39 is 97.5 Å². The Morgan fingerprint density at radius 3 is 0.745 bits per heavy atom. The SMILES string of the molecule is CCCCCCCCCCCCCCCCCCCCCCCC(=O)O[C@H](COC(=O)CCCCCCCCCCCCCCCCCCCCC)COP(=O)(O)OC[C@@H](O)COP(=O)(O)OC[C@@H](COC(=O)CCCCCCCCC(C)CC)OC(=O)CCCCCCCCCCCC(C)C. The van der Waals surface area contributed by atoms with Crippen LogP contribution in [-0.4, -0.2) is 96.7 Å². The van der Waals surface area contributed by atoms with Crippen LogP contribution in [0.15, 0.2) is 0 Å². The highest BCUT2D eigenvalue weighted by Gasteiger charge is 2.30. The molecule has 606 valence electrons. The molecule has 0 fully saturated rings. The van der Waals surface area contributed by atoms with Crippen molar-refractivity contribution in [3.63, 3.8) is 0 Å². The zero-order valence-corrected chi connectivity index (χ0v) is 68.7. The van der Waals surface area contributed by atoms with Gasteiger partial charge in [-0.1, -0.05) is 388 Å². The molecule has 0 aliphatic carbocycles. The largest absolute Gasteiger partial charge is 0.472 e. The molecule has 17 nitrogen and oxygen atoms in total. The van der Waals surface area contributed by atoms with E-state index in [0.29, 0.717) is 25.7 Å². The van der Waals surface area contributed by atoms with Gasteiger partial charge >= 0.3 is 39.5 Å². The van der Waals surface area contributed by atoms with Gasteiger partial charge in [0, 0.05) is 25.7 Å². The van der Waals surface area contributed by atoms with E-state index >= 15 is 0 Å². The Labute approximate surface area is 626 Å². The van der Waals surface area contributed by atoms with Crippen LogP contribution in [0.3, 0.4) is 0 Å². The molecular weight excluding hydrogens is 1330 g/mol. The van der Waals surface area contributed by atoms with E-state index in [9.17, 15) is 43.2 Å². The van der Waals surface area contributed by atoms with E-state index in [4.69, 9.17) is 37.0 Å². The second-order valence-electron chi connectivity index (χ2n) is 30.6. The van der Waals surface area contributed by atoms with Crippen LogP contribution in [0.25, 0.3) is 0 Å². The van der Waals surface area contributed by atoms with Gasteiger partial charge in [-0.3, -0.25) is 37.3 Å². The number of phosphoric acid groups is 2. The van der Waals surface area contributed by atoms with Gasteiger partial charge in [0.2, 0.25) is 0 Å². The van der Waals surface area contributed by atoms with Crippen molar-refractivity contribution in [2.75, 3.05) is 39.6 Å². The van der Waals surface area contributed by atoms with Gasteiger partial charge in [-0.15, -0.1) is 0 Å². The molecule has 0 heterocycles. The van der Waals surface area contributed by atoms with Crippen molar-refractivity contribution < 1.29 is 80.2 Å². The molecule has 0 aromatic rings. The van der Waals surface area contributed by atoms with Crippen molar-refractivity contribution in [2.45, 2.75) is 458 Å². The van der Waals surface area contributed by atoms with Crippen LogP contribution >= 0.6 is 15.6 Å². The lowest BCUT2D eigenvalue weighted by Crippen LogP contribution is -2.30. The van der Waals surface area contributed by atoms with E-state index in [2.05, 4.69) is 41.5 Å². The summed E-state index contributed by atoms with van der Waals surface area (Å²) in [5.41, 5.74) is 0. The maximum atomic E-state index is 13.1. The monoisotopic (exact) mass is 1490 g/mol. The number of rotatable bonds is 82. The second kappa shape index (κ2) is 74.5. The molecule has 0 bridgehead atoms. The molecule has 0 spiro atoms. The van der Waals surface area contributed by atoms with Crippen molar-refractivity contribution in [2.24, 2.45) is 11.8 Å². The Morgan fingerprint density at radius 2 is 0.500 bits per heavy atom. The number of hydrogen-bond donors (Lipinski definition) is 3. The molecule has 0 aliphatic heterocycles. The van der Waals surface area contributed by atoms with E-state index in [-0.39, 0.29) is 25.7 Å². The first-order valence-corrected chi connectivity index (χ1v) is 46.0. The van der Waals surface area contributed by atoms with Crippen LogP contribution in [0, 0.1) is 11.8 Å². The lowest BCUT2D eigenvalue weighted by molar-refractivity contribution is -0.161. The predicted molar refractivity (Wildman–Crippen MR) is 418 cm³/mol. The minimum Gasteiger partial charge on any atom is -0.462 e. The fourth-order valence-corrected chi connectivity index (χ4v) is 14.4. The van der Waals surface area contributed by atoms with Crippen molar-refractivity contribution in [1.82, 2.24) is 0 Å². The van der Waals surface area contributed by atoms with Crippen molar-refractivity contribution in [3.8, 4) is 0 Å². The molecule has 3 unspecified atom stereocenters. The molecule has 0 aromatic heterocycles. The van der Waals surface area contributed by atoms with Crippen LogP contribution in [0.1, 0.15) is 440 Å². The van der Waals surface area contributed by atoms with Crippen LogP contribution in [0.5, 0.6) is 0 Å². The molecule has 0 aromatic carbocycles. The summed E-state index contributed by atoms with van der Waals surface area (Å²) in [5, 5.41) is 10.6. The van der Waals surface area contributed by atoms with Crippen molar-refractivity contribution >= 4 is 39.5 Å². The summed E-state index contributed by atoms with van der Waals surface area (Å²) in [6, 6.07) is 0. The highest BCUT2D eigenvalue weighted by molar-refractivity contribution is 7.47. The minimum atomic E-state index is -4.96. The first-order valence-electron chi connectivity index (χ1n) is 43.0. The number of hydrogen-bond acceptors (Lipinski definition) is 15. The van der Waals surface area contributed by atoms with Crippen LogP contribution in [-0.2, 0) is 65.4 Å². The summed E-state index contributed by atoms with van der Waals surface area (Å²) in [6.07, 6.45) is 65.5. The molecule has 0 saturated heterocycles. The van der Waals surface area contributed by atoms with Crippen LogP contribution in [0.4, 0.5) is 0 Å². The maximum Gasteiger partial charge on any atom is 0.472 e. The Balaban J connectivity index is 5.21. The molecule has 0 rings (SSSR count). The molecule has 0 radical (unpaired) electrons. The number of phosphoric ester groups is 2. The maximum absolute atomic E-state index is 13.1. The van der Waals surface area contributed by atoms with Crippen molar-refractivity contribution in [1.29, 1.82) is 0 Å².